The minimum Gasteiger partial charge on any atom is -0.481 e. The Labute approximate surface area is 142 Å². The van der Waals surface area contributed by atoms with Crippen molar-refractivity contribution >= 4 is 11.7 Å². The molecule has 0 bridgehead atoms. The zero-order valence-electron chi connectivity index (χ0n) is 14.3. The lowest BCUT2D eigenvalue weighted by molar-refractivity contribution is -0.149. The van der Waals surface area contributed by atoms with Gasteiger partial charge in [-0.2, -0.15) is 0 Å². The Bertz CT molecular complexity index is 562. The van der Waals surface area contributed by atoms with Gasteiger partial charge in [0.1, 0.15) is 18.2 Å². The van der Waals surface area contributed by atoms with E-state index in [0.29, 0.717) is 32.1 Å². The number of anilines is 1. The summed E-state index contributed by atoms with van der Waals surface area (Å²) in [7, 11) is 1.59. The van der Waals surface area contributed by atoms with E-state index < -0.39 is 0 Å². The summed E-state index contributed by atoms with van der Waals surface area (Å²) in [5.74, 6) is 1.49. The Kier molecular flexibility index (Phi) is 5.47. The average Bonchev–Trinajstić information content (AvgIpc) is 2.67. The van der Waals surface area contributed by atoms with Gasteiger partial charge in [-0.1, -0.05) is 6.92 Å². The summed E-state index contributed by atoms with van der Waals surface area (Å²) in [5.41, 5.74) is 0. The van der Waals surface area contributed by atoms with Gasteiger partial charge in [0.15, 0.2) is 0 Å². The van der Waals surface area contributed by atoms with E-state index in [1.807, 2.05) is 11.0 Å². The first kappa shape index (κ1) is 16.9. The van der Waals surface area contributed by atoms with Crippen molar-refractivity contribution in [3.63, 3.8) is 0 Å². The van der Waals surface area contributed by atoms with Crippen molar-refractivity contribution in [3.05, 3.63) is 12.4 Å². The van der Waals surface area contributed by atoms with Gasteiger partial charge >= 0.3 is 0 Å². The van der Waals surface area contributed by atoms with E-state index >= 15 is 0 Å². The van der Waals surface area contributed by atoms with Gasteiger partial charge in [0.2, 0.25) is 5.88 Å². The number of ether oxygens (including phenoxy) is 2. The molecule has 2 fully saturated rings. The fraction of sp³-hybridized carbons (Fsp3) is 0.688. The van der Waals surface area contributed by atoms with Crippen LogP contribution in [-0.2, 0) is 9.53 Å². The van der Waals surface area contributed by atoms with E-state index in [-0.39, 0.29) is 12.0 Å². The Morgan fingerprint density at radius 2 is 2.08 bits per heavy atom. The van der Waals surface area contributed by atoms with E-state index in [9.17, 15) is 4.79 Å². The molecule has 8 heteroatoms. The molecule has 0 spiro atoms. The summed E-state index contributed by atoms with van der Waals surface area (Å²) in [6, 6.07) is 1.82. The largest absolute Gasteiger partial charge is 0.481 e. The second kappa shape index (κ2) is 7.76. The Morgan fingerprint density at radius 3 is 2.79 bits per heavy atom. The monoisotopic (exact) mass is 335 g/mol. The van der Waals surface area contributed by atoms with Gasteiger partial charge in [-0.15, -0.1) is 0 Å². The highest BCUT2D eigenvalue weighted by Crippen LogP contribution is 2.18. The third-order valence-corrected chi connectivity index (χ3v) is 4.63. The van der Waals surface area contributed by atoms with Gasteiger partial charge in [-0.05, 0) is 6.54 Å². The number of likely N-dealkylation sites (N-methyl/N-ethyl adjacent to an activating group) is 1. The maximum absolute atomic E-state index is 12.7. The normalized spacial score (nSPS) is 22.5. The van der Waals surface area contributed by atoms with Crippen LogP contribution >= 0.6 is 0 Å². The Morgan fingerprint density at radius 1 is 1.29 bits per heavy atom. The minimum atomic E-state index is -0.329. The lowest BCUT2D eigenvalue weighted by Crippen LogP contribution is -2.55. The van der Waals surface area contributed by atoms with Crippen LogP contribution in [0, 0.1) is 0 Å². The zero-order valence-corrected chi connectivity index (χ0v) is 14.3. The maximum Gasteiger partial charge on any atom is 0.253 e. The minimum absolute atomic E-state index is 0.105. The van der Waals surface area contributed by atoms with Crippen LogP contribution in [0.3, 0.4) is 0 Å². The topological polar surface area (TPSA) is 71.0 Å². The number of nitrogens with zero attached hydrogens (tertiary/aromatic N) is 5. The lowest BCUT2D eigenvalue weighted by atomic mass is 10.2. The molecule has 3 rings (SSSR count). The van der Waals surface area contributed by atoms with Gasteiger partial charge in [0.05, 0.1) is 13.7 Å². The second-order valence-corrected chi connectivity index (χ2v) is 5.98. The number of carbonyl (C=O) groups excluding carboxylic acids is 1. The molecule has 2 saturated heterocycles. The van der Waals surface area contributed by atoms with E-state index in [4.69, 9.17) is 9.47 Å². The van der Waals surface area contributed by atoms with Crippen molar-refractivity contribution in [1.29, 1.82) is 0 Å². The van der Waals surface area contributed by atoms with Crippen molar-refractivity contribution in [2.45, 2.75) is 13.0 Å². The summed E-state index contributed by atoms with van der Waals surface area (Å²) in [5, 5.41) is 0. The van der Waals surface area contributed by atoms with E-state index in [1.165, 1.54) is 6.33 Å². The molecule has 8 nitrogen and oxygen atoms in total. The van der Waals surface area contributed by atoms with Crippen molar-refractivity contribution in [2.75, 3.05) is 64.4 Å². The van der Waals surface area contributed by atoms with Crippen LogP contribution in [0.5, 0.6) is 5.88 Å². The number of amides is 1. The van der Waals surface area contributed by atoms with Gasteiger partial charge in [-0.25, -0.2) is 9.97 Å². The highest BCUT2D eigenvalue weighted by molar-refractivity contribution is 5.81. The van der Waals surface area contributed by atoms with E-state index in [1.54, 1.807) is 7.11 Å². The molecule has 24 heavy (non-hydrogen) atoms. The standard InChI is InChI=1S/C16H25N5O3/c1-3-19-8-9-24-13(11-19)16(22)21-6-4-20(5-7-21)14-10-15(23-2)18-12-17-14/h10,12-13H,3-9,11H2,1-2H3. The van der Waals surface area contributed by atoms with E-state index in [0.717, 1.165) is 32.0 Å². The molecule has 0 N–H and O–H groups in total. The van der Waals surface area contributed by atoms with Crippen molar-refractivity contribution in [3.8, 4) is 5.88 Å². The van der Waals surface area contributed by atoms with Crippen LogP contribution < -0.4 is 9.64 Å². The molecule has 2 aliphatic heterocycles. The fourth-order valence-electron chi connectivity index (χ4n) is 3.11. The zero-order chi connectivity index (χ0) is 16.9. The highest BCUT2D eigenvalue weighted by Gasteiger charge is 2.31. The number of piperazine rings is 1. The molecule has 1 aromatic rings. The molecule has 1 amide bonds. The fourth-order valence-corrected chi connectivity index (χ4v) is 3.11. The SMILES string of the molecule is CCN1CCOC(C(=O)N2CCN(c3cc(OC)ncn3)CC2)C1. The van der Waals surface area contributed by atoms with Crippen LogP contribution in [-0.4, -0.2) is 91.3 Å². The number of methoxy groups -OCH3 is 1. The molecule has 1 aromatic heterocycles. The third-order valence-electron chi connectivity index (χ3n) is 4.63. The predicted molar refractivity (Wildman–Crippen MR) is 89.2 cm³/mol. The number of rotatable bonds is 4. The number of hydrogen-bond donors (Lipinski definition) is 0. The number of aromatic nitrogens is 2. The van der Waals surface area contributed by atoms with Crippen molar-refractivity contribution < 1.29 is 14.3 Å². The van der Waals surface area contributed by atoms with Gasteiger partial charge in [0.25, 0.3) is 5.91 Å². The van der Waals surface area contributed by atoms with Crippen LogP contribution in [0.1, 0.15) is 6.92 Å². The summed E-state index contributed by atoms with van der Waals surface area (Å²) in [6.45, 7) is 8.14. The van der Waals surface area contributed by atoms with Crippen LogP contribution in [0.4, 0.5) is 5.82 Å². The first-order valence-electron chi connectivity index (χ1n) is 8.45. The molecule has 0 radical (unpaired) electrons. The summed E-state index contributed by atoms with van der Waals surface area (Å²) >= 11 is 0. The second-order valence-electron chi connectivity index (χ2n) is 5.98. The van der Waals surface area contributed by atoms with Crippen LogP contribution in [0.15, 0.2) is 12.4 Å². The molecule has 0 saturated carbocycles. The highest BCUT2D eigenvalue weighted by atomic mass is 16.5. The maximum atomic E-state index is 12.7. The number of carbonyl (C=O) groups is 1. The molecule has 0 aliphatic carbocycles. The van der Waals surface area contributed by atoms with Crippen molar-refractivity contribution in [1.82, 2.24) is 19.8 Å². The first-order valence-corrected chi connectivity index (χ1v) is 8.45. The molecular weight excluding hydrogens is 310 g/mol. The quantitative estimate of drug-likeness (QED) is 0.758. The summed E-state index contributed by atoms with van der Waals surface area (Å²) in [6.07, 6.45) is 1.17. The van der Waals surface area contributed by atoms with Crippen LogP contribution in [0.25, 0.3) is 0 Å². The van der Waals surface area contributed by atoms with Gasteiger partial charge in [-0.3, -0.25) is 9.69 Å². The molecule has 132 valence electrons. The number of hydrogen-bond acceptors (Lipinski definition) is 7. The number of morpholine rings is 1. The van der Waals surface area contributed by atoms with E-state index in [2.05, 4.69) is 26.7 Å². The third kappa shape index (κ3) is 3.76. The lowest BCUT2D eigenvalue weighted by Gasteiger charge is -2.39. The summed E-state index contributed by atoms with van der Waals surface area (Å²) < 4.78 is 10.8. The first-order chi connectivity index (χ1) is 11.7. The smallest absolute Gasteiger partial charge is 0.253 e. The molecular formula is C16H25N5O3. The average molecular weight is 335 g/mol. The molecule has 3 heterocycles. The van der Waals surface area contributed by atoms with Crippen LogP contribution in [0.2, 0.25) is 0 Å². The van der Waals surface area contributed by atoms with Gasteiger partial charge in [0, 0.05) is 45.3 Å². The molecule has 1 unspecified atom stereocenters. The van der Waals surface area contributed by atoms with Crippen molar-refractivity contribution in [2.24, 2.45) is 0 Å². The molecule has 1 atom stereocenters. The Hall–Kier alpha value is -1.93. The van der Waals surface area contributed by atoms with Gasteiger partial charge < -0.3 is 19.3 Å². The molecule has 2 aliphatic rings. The summed E-state index contributed by atoms with van der Waals surface area (Å²) in [4.78, 5) is 27.3. The molecule has 0 aromatic carbocycles. The predicted octanol–water partition coefficient (Wildman–Crippen LogP) is -0.145. The Balaban J connectivity index is 1.55.